The van der Waals surface area contributed by atoms with Gasteiger partial charge >= 0.3 is 0 Å². The molecule has 1 aromatic carbocycles. The van der Waals surface area contributed by atoms with Crippen LogP contribution in [0, 0.1) is 13.8 Å². The first-order valence-electron chi connectivity index (χ1n) is 6.05. The van der Waals surface area contributed by atoms with E-state index in [1.165, 1.54) is 16.7 Å². The zero-order valence-corrected chi connectivity index (χ0v) is 11.1. The van der Waals surface area contributed by atoms with Gasteiger partial charge in [-0.15, -0.1) is 0 Å². The highest BCUT2D eigenvalue weighted by Crippen LogP contribution is 2.09. The highest BCUT2D eigenvalue weighted by atomic mass is 16.1. The predicted molar refractivity (Wildman–Crippen MR) is 70.9 cm³/mol. The Labute approximate surface area is 104 Å². The van der Waals surface area contributed by atoms with Gasteiger partial charge in [-0.1, -0.05) is 37.6 Å². The molecule has 0 aromatic heterocycles. The molecule has 1 amide bonds. The Bertz CT molecular complexity index is 386. The summed E-state index contributed by atoms with van der Waals surface area (Å²) in [5.41, 5.74) is 3.62. The van der Waals surface area contributed by atoms with Crippen LogP contribution >= 0.6 is 0 Å². The zero-order valence-electron chi connectivity index (χ0n) is 11.1. The predicted octanol–water partition coefficient (Wildman–Crippen LogP) is 1.92. The minimum atomic E-state index is 0.0413. The van der Waals surface area contributed by atoms with Crippen LogP contribution < -0.4 is 10.6 Å². The van der Waals surface area contributed by atoms with Gasteiger partial charge in [0, 0.05) is 12.6 Å². The number of carbonyl (C=O) groups excluding carboxylic acids is 1. The van der Waals surface area contributed by atoms with E-state index in [0.29, 0.717) is 19.1 Å². The fraction of sp³-hybridized carbons (Fsp3) is 0.500. The molecular formula is C14H22N2O. The molecule has 17 heavy (non-hydrogen) atoms. The molecule has 0 saturated heterocycles. The lowest BCUT2D eigenvalue weighted by Crippen LogP contribution is -2.36. The molecule has 0 aliphatic rings. The van der Waals surface area contributed by atoms with Crippen molar-refractivity contribution < 1.29 is 4.79 Å². The average Bonchev–Trinajstić information content (AvgIpc) is 2.27. The Morgan fingerprint density at radius 1 is 1.29 bits per heavy atom. The first-order valence-corrected chi connectivity index (χ1v) is 6.05. The molecule has 0 fully saturated rings. The zero-order chi connectivity index (χ0) is 12.8. The van der Waals surface area contributed by atoms with E-state index >= 15 is 0 Å². The van der Waals surface area contributed by atoms with Crippen molar-refractivity contribution in [2.75, 3.05) is 6.54 Å². The first kappa shape index (κ1) is 13.7. The summed E-state index contributed by atoms with van der Waals surface area (Å²) in [5, 5.41) is 6.02. The number of carbonyl (C=O) groups is 1. The maximum absolute atomic E-state index is 11.5. The van der Waals surface area contributed by atoms with Gasteiger partial charge in [0.1, 0.15) is 0 Å². The number of nitrogens with one attached hydrogen (secondary N) is 2. The first-order chi connectivity index (χ1) is 7.99. The molecule has 1 aromatic rings. The third-order valence-electron chi connectivity index (χ3n) is 2.65. The van der Waals surface area contributed by atoms with Gasteiger partial charge in [-0.3, -0.25) is 4.79 Å². The van der Waals surface area contributed by atoms with Gasteiger partial charge in [0.15, 0.2) is 0 Å². The van der Waals surface area contributed by atoms with Crippen molar-refractivity contribution >= 4 is 5.91 Å². The number of hydrogen-bond acceptors (Lipinski definition) is 2. The van der Waals surface area contributed by atoms with E-state index < -0.39 is 0 Å². The normalized spacial score (nSPS) is 10.6. The SMILES string of the molecule is Cc1ccc(C)c(CNC(=O)CNC(C)C)c1. The molecule has 94 valence electrons. The number of aryl methyl sites for hydroxylation is 2. The van der Waals surface area contributed by atoms with Crippen LogP contribution in [0.5, 0.6) is 0 Å². The maximum Gasteiger partial charge on any atom is 0.234 e. The van der Waals surface area contributed by atoms with Gasteiger partial charge in [-0.25, -0.2) is 0 Å². The fourth-order valence-electron chi connectivity index (χ4n) is 1.54. The van der Waals surface area contributed by atoms with Crippen LogP contribution in [-0.2, 0) is 11.3 Å². The Hall–Kier alpha value is -1.35. The lowest BCUT2D eigenvalue weighted by molar-refractivity contribution is -0.120. The summed E-state index contributed by atoms with van der Waals surface area (Å²) in [7, 11) is 0. The van der Waals surface area contributed by atoms with Crippen LogP contribution in [0.1, 0.15) is 30.5 Å². The highest BCUT2D eigenvalue weighted by molar-refractivity contribution is 5.78. The van der Waals surface area contributed by atoms with E-state index in [2.05, 4.69) is 42.7 Å². The molecule has 0 heterocycles. The monoisotopic (exact) mass is 234 g/mol. The summed E-state index contributed by atoms with van der Waals surface area (Å²) in [6.07, 6.45) is 0. The topological polar surface area (TPSA) is 41.1 Å². The Kier molecular flexibility index (Phi) is 5.16. The molecule has 0 unspecified atom stereocenters. The molecule has 2 N–H and O–H groups in total. The average molecular weight is 234 g/mol. The van der Waals surface area contributed by atoms with Gasteiger partial charge in [0.05, 0.1) is 6.54 Å². The molecule has 0 saturated carbocycles. The summed E-state index contributed by atoms with van der Waals surface area (Å²) >= 11 is 0. The quantitative estimate of drug-likeness (QED) is 0.817. The van der Waals surface area contributed by atoms with Gasteiger partial charge < -0.3 is 10.6 Å². The van der Waals surface area contributed by atoms with E-state index in [1.54, 1.807) is 0 Å². The summed E-state index contributed by atoms with van der Waals surface area (Å²) in [6.45, 7) is 9.16. The second kappa shape index (κ2) is 6.40. The molecule has 3 nitrogen and oxygen atoms in total. The lowest BCUT2D eigenvalue weighted by Gasteiger charge is -2.11. The van der Waals surface area contributed by atoms with Crippen molar-refractivity contribution in [3.8, 4) is 0 Å². The largest absolute Gasteiger partial charge is 0.351 e. The number of amides is 1. The summed E-state index contributed by atoms with van der Waals surface area (Å²) in [4.78, 5) is 11.5. The summed E-state index contributed by atoms with van der Waals surface area (Å²) in [5.74, 6) is 0.0413. The van der Waals surface area contributed by atoms with E-state index in [1.807, 2.05) is 13.8 Å². The summed E-state index contributed by atoms with van der Waals surface area (Å²) in [6, 6.07) is 6.62. The Morgan fingerprint density at radius 2 is 2.00 bits per heavy atom. The number of hydrogen-bond donors (Lipinski definition) is 2. The van der Waals surface area contributed by atoms with Crippen molar-refractivity contribution in [1.29, 1.82) is 0 Å². The minimum absolute atomic E-state index is 0.0413. The number of rotatable bonds is 5. The molecular weight excluding hydrogens is 212 g/mol. The van der Waals surface area contributed by atoms with Crippen LogP contribution in [-0.4, -0.2) is 18.5 Å². The maximum atomic E-state index is 11.5. The van der Waals surface area contributed by atoms with Gasteiger partial charge in [-0.2, -0.15) is 0 Å². The summed E-state index contributed by atoms with van der Waals surface area (Å²) < 4.78 is 0. The van der Waals surface area contributed by atoms with Crippen molar-refractivity contribution in [3.63, 3.8) is 0 Å². The molecule has 0 spiro atoms. The van der Waals surface area contributed by atoms with Crippen molar-refractivity contribution in [3.05, 3.63) is 34.9 Å². The van der Waals surface area contributed by atoms with E-state index in [0.717, 1.165) is 0 Å². The van der Waals surface area contributed by atoms with Crippen LogP contribution in [0.3, 0.4) is 0 Å². The van der Waals surface area contributed by atoms with E-state index in [9.17, 15) is 4.79 Å². The fourth-order valence-corrected chi connectivity index (χ4v) is 1.54. The van der Waals surface area contributed by atoms with Gasteiger partial charge in [0.2, 0.25) is 5.91 Å². The standard InChI is InChI=1S/C14H22N2O/c1-10(2)15-9-14(17)16-8-13-7-11(3)5-6-12(13)4/h5-7,10,15H,8-9H2,1-4H3,(H,16,17). The molecule has 0 atom stereocenters. The highest BCUT2D eigenvalue weighted by Gasteiger charge is 2.03. The lowest BCUT2D eigenvalue weighted by atomic mass is 10.1. The van der Waals surface area contributed by atoms with Crippen LogP contribution in [0.25, 0.3) is 0 Å². The smallest absolute Gasteiger partial charge is 0.234 e. The number of benzene rings is 1. The van der Waals surface area contributed by atoms with Gasteiger partial charge in [0.25, 0.3) is 0 Å². The molecule has 1 rings (SSSR count). The molecule has 3 heteroatoms. The third kappa shape index (κ3) is 5.00. The second-order valence-corrected chi connectivity index (χ2v) is 4.74. The van der Waals surface area contributed by atoms with Crippen molar-refractivity contribution in [1.82, 2.24) is 10.6 Å². The van der Waals surface area contributed by atoms with Crippen molar-refractivity contribution in [2.45, 2.75) is 40.3 Å². The molecule has 0 aliphatic heterocycles. The molecule has 0 bridgehead atoms. The third-order valence-corrected chi connectivity index (χ3v) is 2.65. The molecule has 0 radical (unpaired) electrons. The second-order valence-electron chi connectivity index (χ2n) is 4.74. The Balaban J connectivity index is 2.44. The van der Waals surface area contributed by atoms with Crippen LogP contribution in [0.15, 0.2) is 18.2 Å². The Morgan fingerprint density at radius 3 is 2.65 bits per heavy atom. The van der Waals surface area contributed by atoms with Gasteiger partial charge in [-0.05, 0) is 25.0 Å². The van der Waals surface area contributed by atoms with Crippen LogP contribution in [0.4, 0.5) is 0 Å². The molecule has 0 aliphatic carbocycles. The van der Waals surface area contributed by atoms with Crippen molar-refractivity contribution in [2.24, 2.45) is 0 Å². The van der Waals surface area contributed by atoms with Crippen LogP contribution in [0.2, 0.25) is 0 Å². The minimum Gasteiger partial charge on any atom is -0.351 e. The van der Waals surface area contributed by atoms with E-state index in [4.69, 9.17) is 0 Å². The van der Waals surface area contributed by atoms with E-state index in [-0.39, 0.29) is 5.91 Å².